The first-order valence-electron chi connectivity index (χ1n) is 16.8. The second kappa shape index (κ2) is 14.0. The molecule has 252 valence electrons. The molecule has 2 bridgehead atoms. The van der Waals surface area contributed by atoms with Gasteiger partial charge >= 0.3 is 0 Å². The van der Waals surface area contributed by atoms with Crippen LogP contribution in [0.3, 0.4) is 0 Å². The van der Waals surface area contributed by atoms with Crippen molar-refractivity contribution in [2.75, 3.05) is 64.0 Å². The highest BCUT2D eigenvalue weighted by Crippen LogP contribution is 2.66. The van der Waals surface area contributed by atoms with Gasteiger partial charge in [0.05, 0.1) is 43.3 Å². The average Bonchev–Trinajstić information content (AvgIpc) is 3.57. The molecule has 1 N–H and O–H groups in total. The van der Waals surface area contributed by atoms with Crippen LogP contribution < -0.4 is 4.90 Å². The molecule has 0 saturated carbocycles. The number of carbonyl (C=O) groups is 3. The van der Waals surface area contributed by atoms with Crippen molar-refractivity contribution < 1.29 is 29.0 Å². The van der Waals surface area contributed by atoms with Crippen LogP contribution >= 0.6 is 0 Å². The van der Waals surface area contributed by atoms with Crippen molar-refractivity contribution in [3.63, 3.8) is 0 Å². The minimum absolute atomic E-state index is 0.0963. The van der Waals surface area contributed by atoms with Crippen LogP contribution in [-0.4, -0.2) is 120 Å². The number of amides is 3. The summed E-state index contributed by atoms with van der Waals surface area (Å²) in [4.78, 5) is 51.8. The maximum absolute atomic E-state index is 14.9. The van der Waals surface area contributed by atoms with Crippen molar-refractivity contribution in [2.24, 2.45) is 23.7 Å². The van der Waals surface area contributed by atoms with Crippen LogP contribution in [0.4, 0.5) is 5.69 Å². The fourth-order valence-electron chi connectivity index (χ4n) is 8.48. The van der Waals surface area contributed by atoms with E-state index >= 15 is 0 Å². The zero-order valence-corrected chi connectivity index (χ0v) is 28.0. The Morgan fingerprint density at radius 2 is 1.78 bits per heavy atom. The summed E-state index contributed by atoms with van der Waals surface area (Å²) in [6, 6.07) is 7.83. The van der Waals surface area contributed by atoms with E-state index in [2.05, 4.69) is 25.0 Å². The SMILES string of the molecule is C=CCN(CCN1CCOCC1)C(=O)C1N([C@@H](CO)CC(C)C)C(=O)[C@@H]2[C@@H](C(=O)N(CC=C)c3ccccc3)[C@]3(C)OC12CC3C. The topological polar surface area (TPSA) is 103 Å². The third-order valence-electron chi connectivity index (χ3n) is 10.7. The monoisotopic (exact) mass is 636 g/mol. The van der Waals surface area contributed by atoms with Gasteiger partial charge in [0, 0.05) is 45.0 Å². The number of carbonyl (C=O) groups excluding carboxylic acids is 3. The Bertz CT molecular complexity index is 1280. The van der Waals surface area contributed by atoms with Crippen LogP contribution in [0.25, 0.3) is 0 Å². The van der Waals surface area contributed by atoms with E-state index in [-0.39, 0.29) is 42.7 Å². The van der Waals surface area contributed by atoms with E-state index in [1.165, 1.54) is 0 Å². The van der Waals surface area contributed by atoms with Crippen LogP contribution in [0.1, 0.15) is 40.5 Å². The Balaban J connectivity index is 1.57. The van der Waals surface area contributed by atoms with Gasteiger partial charge in [-0.1, -0.05) is 51.1 Å². The molecule has 4 aliphatic rings. The second-order valence-electron chi connectivity index (χ2n) is 14.0. The molecule has 3 amide bonds. The minimum Gasteiger partial charge on any atom is -0.394 e. The van der Waals surface area contributed by atoms with E-state index in [4.69, 9.17) is 9.47 Å². The molecule has 0 radical (unpaired) electrons. The van der Waals surface area contributed by atoms with Gasteiger partial charge in [-0.3, -0.25) is 19.3 Å². The van der Waals surface area contributed by atoms with Gasteiger partial charge in [0.15, 0.2) is 0 Å². The molecule has 3 unspecified atom stereocenters. The molecule has 7 atom stereocenters. The first-order valence-corrected chi connectivity index (χ1v) is 16.8. The zero-order valence-electron chi connectivity index (χ0n) is 28.0. The van der Waals surface area contributed by atoms with Gasteiger partial charge in [0.2, 0.25) is 17.7 Å². The van der Waals surface area contributed by atoms with Gasteiger partial charge in [-0.2, -0.15) is 0 Å². The number of rotatable bonds is 14. The summed E-state index contributed by atoms with van der Waals surface area (Å²) in [6.45, 7) is 20.2. The number of nitrogens with zero attached hydrogens (tertiary/aromatic N) is 4. The number of hydrogen-bond acceptors (Lipinski definition) is 7. The molecule has 4 fully saturated rings. The molecule has 4 saturated heterocycles. The number of morpholine rings is 1. The Labute approximate surface area is 274 Å². The second-order valence-corrected chi connectivity index (χ2v) is 14.0. The molecule has 5 rings (SSSR count). The first kappa shape index (κ1) is 34.3. The van der Waals surface area contributed by atoms with Crippen molar-refractivity contribution in [2.45, 2.75) is 63.8 Å². The minimum atomic E-state index is -1.21. The predicted molar refractivity (Wildman–Crippen MR) is 177 cm³/mol. The van der Waals surface area contributed by atoms with E-state index in [1.54, 1.807) is 26.9 Å². The average molecular weight is 637 g/mol. The maximum atomic E-state index is 14.9. The largest absolute Gasteiger partial charge is 0.394 e. The van der Waals surface area contributed by atoms with E-state index < -0.39 is 35.1 Å². The van der Waals surface area contributed by atoms with Gasteiger partial charge < -0.3 is 29.3 Å². The lowest BCUT2D eigenvalue weighted by atomic mass is 9.62. The van der Waals surface area contributed by atoms with Crippen LogP contribution in [-0.2, 0) is 23.9 Å². The maximum Gasteiger partial charge on any atom is 0.248 e. The van der Waals surface area contributed by atoms with Crippen LogP contribution in [0, 0.1) is 23.7 Å². The van der Waals surface area contributed by atoms with Crippen molar-refractivity contribution >= 4 is 23.4 Å². The lowest BCUT2D eigenvalue weighted by Crippen LogP contribution is -2.59. The molecular weight excluding hydrogens is 584 g/mol. The van der Waals surface area contributed by atoms with E-state index in [0.717, 1.165) is 13.1 Å². The number of aliphatic hydroxyl groups excluding tert-OH is 1. The molecular formula is C36H52N4O6. The van der Waals surface area contributed by atoms with Gasteiger partial charge in [-0.25, -0.2) is 0 Å². The molecule has 46 heavy (non-hydrogen) atoms. The predicted octanol–water partition coefficient (Wildman–Crippen LogP) is 2.97. The Hall–Kier alpha value is -3.05. The number of hydrogen-bond donors (Lipinski definition) is 1. The molecule has 0 aliphatic carbocycles. The highest BCUT2D eigenvalue weighted by atomic mass is 16.5. The Kier molecular flexibility index (Phi) is 10.4. The van der Waals surface area contributed by atoms with E-state index in [1.807, 2.05) is 51.1 Å². The standard InChI is InChI=1S/C36H52N4O6/c1-7-14-38(17-16-37-18-20-45-21-19-37)34(44)31-36-23-26(5)35(6,46-36)29(30(36)33(43)40(31)28(24-41)22-25(3)4)32(42)39(15-8-2)27-12-10-9-11-13-27/h7-13,25-26,28-31,41H,1-2,14-24H2,3-6H3/t26?,28-,29+,30+,31?,35-,36?/m1/s1. The number of ether oxygens (including phenoxy) is 2. The first-order chi connectivity index (χ1) is 22.0. The number of likely N-dealkylation sites (tertiary alicyclic amines) is 1. The number of benzene rings is 1. The Morgan fingerprint density at radius 1 is 1.11 bits per heavy atom. The van der Waals surface area contributed by atoms with Crippen molar-refractivity contribution in [1.29, 1.82) is 0 Å². The molecule has 1 spiro atoms. The third kappa shape index (κ3) is 5.93. The third-order valence-corrected chi connectivity index (χ3v) is 10.7. The van der Waals surface area contributed by atoms with Crippen LogP contribution in [0.15, 0.2) is 55.6 Å². The highest BCUT2D eigenvalue weighted by molar-refractivity contribution is 6.03. The normalized spacial score (nSPS) is 31.2. The summed E-state index contributed by atoms with van der Waals surface area (Å²) >= 11 is 0. The molecule has 10 heteroatoms. The van der Waals surface area contributed by atoms with Crippen LogP contribution in [0.5, 0.6) is 0 Å². The summed E-state index contributed by atoms with van der Waals surface area (Å²) in [5.41, 5.74) is -1.45. The molecule has 0 aromatic heterocycles. The summed E-state index contributed by atoms with van der Waals surface area (Å²) in [5.74, 6) is -2.33. The van der Waals surface area contributed by atoms with E-state index in [0.29, 0.717) is 51.4 Å². The highest BCUT2D eigenvalue weighted by Gasteiger charge is 2.80. The zero-order chi connectivity index (χ0) is 33.2. The molecule has 4 heterocycles. The molecule has 4 aliphatic heterocycles. The van der Waals surface area contributed by atoms with Gasteiger partial charge in [0.1, 0.15) is 11.6 Å². The summed E-state index contributed by atoms with van der Waals surface area (Å²) in [6.07, 6.45) is 4.37. The molecule has 10 nitrogen and oxygen atoms in total. The number of anilines is 1. The number of para-hydroxylation sites is 1. The lowest BCUT2D eigenvalue weighted by molar-refractivity contribution is -0.156. The summed E-state index contributed by atoms with van der Waals surface area (Å²) in [5, 5.41) is 10.7. The quantitative estimate of drug-likeness (QED) is 0.314. The number of aliphatic hydroxyl groups is 1. The van der Waals surface area contributed by atoms with Crippen molar-refractivity contribution in [3.8, 4) is 0 Å². The molecule has 1 aromatic carbocycles. The van der Waals surface area contributed by atoms with Crippen molar-refractivity contribution in [1.82, 2.24) is 14.7 Å². The fourth-order valence-corrected chi connectivity index (χ4v) is 8.48. The van der Waals surface area contributed by atoms with Gasteiger partial charge in [-0.05, 0) is 43.7 Å². The van der Waals surface area contributed by atoms with Crippen molar-refractivity contribution in [3.05, 3.63) is 55.6 Å². The molecule has 1 aromatic rings. The van der Waals surface area contributed by atoms with Gasteiger partial charge in [-0.15, -0.1) is 13.2 Å². The van der Waals surface area contributed by atoms with Gasteiger partial charge in [0.25, 0.3) is 0 Å². The number of fused-ring (bicyclic) bond motifs is 1. The summed E-state index contributed by atoms with van der Waals surface area (Å²) < 4.78 is 12.5. The Morgan fingerprint density at radius 3 is 2.39 bits per heavy atom. The smallest absolute Gasteiger partial charge is 0.248 e. The van der Waals surface area contributed by atoms with Crippen LogP contribution in [0.2, 0.25) is 0 Å². The van der Waals surface area contributed by atoms with E-state index in [9.17, 15) is 19.5 Å². The summed E-state index contributed by atoms with van der Waals surface area (Å²) in [7, 11) is 0. The fraction of sp³-hybridized carbons (Fsp3) is 0.639. The lowest BCUT2D eigenvalue weighted by Gasteiger charge is -2.40.